The molecule has 0 atom stereocenters. The summed E-state index contributed by atoms with van der Waals surface area (Å²) in [6, 6.07) is 12.2. The first-order valence-corrected chi connectivity index (χ1v) is 6.43. The fraction of sp³-hybridized carbons (Fsp3) is 0.286. The smallest absolute Gasteiger partial charge is 0.128 e. The largest absolute Gasteiger partial charge is 0.330 e. The third-order valence-electron chi connectivity index (χ3n) is 2.80. The van der Waals surface area contributed by atoms with Gasteiger partial charge in [-0.3, -0.25) is 0 Å². The lowest BCUT2D eigenvalue weighted by Gasteiger charge is -2.13. The Morgan fingerprint density at radius 2 is 1.76 bits per heavy atom. The van der Waals surface area contributed by atoms with Gasteiger partial charge in [0, 0.05) is 12.2 Å². The highest BCUT2D eigenvalue weighted by Crippen LogP contribution is 2.31. The normalized spacial score (nSPS) is 11.1. The van der Waals surface area contributed by atoms with Gasteiger partial charge in [0.25, 0.3) is 0 Å². The summed E-state index contributed by atoms with van der Waals surface area (Å²) in [5, 5.41) is 1.26. The van der Waals surface area contributed by atoms with E-state index in [4.69, 9.17) is 23.2 Å². The predicted octanol–water partition coefficient (Wildman–Crippen LogP) is 4.97. The van der Waals surface area contributed by atoms with E-state index in [1.807, 2.05) is 24.3 Å². The van der Waals surface area contributed by atoms with Crippen molar-refractivity contribution in [3.63, 3.8) is 0 Å². The average Bonchev–Trinajstić information content (AvgIpc) is 2.59. The SMILES string of the molecule is CC(C)c1cc(Cl)c(Cl)n1Cc1ccccc1. The van der Waals surface area contributed by atoms with Gasteiger partial charge in [0.1, 0.15) is 5.15 Å². The van der Waals surface area contributed by atoms with Crippen LogP contribution in [0, 0.1) is 0 Å². The Hall–Kier alpha value is -0.920. The monoisotopic (exact) mass is 267 g/mol. The van der Waals surface area contributed by atoms with Crippen LogP contribution in [0.5, 0.6) is 0 Å². The Balaban J connectivity index is 2.38. The fourth-order valence-electron chi connectivity index (χ4n) is 1.91. The molecule has 0 aliphatic rings. The first-order chi connectivity index (χ1) is 8.09. The molecule has 1 aromatic heterocycles. The Kier molecular flexibility index (Phi) is 3.80. The average molecular weight is 268 g/mol. The fourth-order valence-corrected chi connectivity index (χ4v) is 2.34. The van der Waals surface area contributed by atoms with Gasteiger partial charge in [-0.15, -0.1) is 0 Å². The van der Waals surface area contributed by atoms with Gasteiger partial charge in [-0.1, -0.05) is 67.4 Å². The van der Waals surface area contributed by atoms with Crippen LogP contribution < -0.4 is 0 Å². The molecule has 0 bridgehead atoms. The summed E-state index contributed by atoms with van der Waals surface area (Å²) in [6.45, 7) is 5.05. The van der Waals surface area contributed by atoms with Crippen LogP contribution >= 0.6 is 23.2 Å². The van der Waals surface area contributed by atoms with E-state index in [0.29, 0.717) is 16.1 Å². The van der Waals surface area contributed by atoms with Crippen LogP contribution in [-0.4, -0.2) is 4.57 Å². The molecular formula is C14H15Cl2N. The molecule has 1 nitrogen and oxygen atoms in total. The summed E-state index contributed by atoms with van der Waals surface area (Å²) in [6.07, 6.45) is 0. The van der Waals surface area contributed by atoms with Crippen LogP contribution in [-0.2, 0) is 6.54 Å². The molecule has 0 N–H and O–H groups in total. The number of nitrogens with zero attached hydrogens (tertiary/aromatic N) is 1. The van der Waals surface area contributed by atoms with Crippen molar-refractivity contribution in [2.45, 2.75) is 26.3 Å². The first-order valence-electron chi connectivity index (χ1n) is 5.68. The zero-order chi connectivity index (χ0) is 12.4. The first kappa shape index (κ1) is 12.5. The zero-order valence-corrected chi connectivity index (χ0v) is 11.5. The molecule has 2 aromatic rings. The molecule has 1 heterocycles. The van der Waals surface area contributed by atoms with Crippen molar-refractivity contribution in [1.82, 2.24) is 4.57 Å². The van der Waals surface area contributed by atoms with Crippen molar-refractivity contribution in [2.75, 3.05) is 0 Å². The highest BCUT2D eigenvalue weighted by atomic mass is 35.5. The number of hydrogen-bond donors (Lipinski definition) is 0. The van der Waals surface area contributed by atoms with E-state index in [-0.39, 0.29) is 0 Å². The maximum Gasteiger partial charge on any atom is 0.128 e. The van der Waals surface area contributed by atoms with E-state index in [0.717, 1.165) is 6.54 Å². The third-order valence-corrected chi connectivity index (χ3v) is 3.59. The molecule has 0 aliphatic heterocycles. The lowest BCUT2D eigenvalue weighted by Crippen LogP contribution is -2.05. The highest BCUT2D eigenvalue weighted by molar-refractivity contribution is 6.41. The summed E-state index contributed by atoms with van der Waals surface area (Å²) in [4.78, 5) is 0. The van der Waals surface area contributed by atoms with Crippen LogP contribution in [0.1, 0.15) is 31.0 Å². The van der Waals surface area contributed by atoms with Gasteiger partial charge in [-0.2, -0.15) is 0 Å². The van der Waals surface area contributed by atoms with Crippen LogP contribution in [0.15, 0.2) is 36.4 Å². The molecule has 0 fully saturated rings. The quantitative estimate of drug-likeness (QED) is 0.740. The second-order valence-electron chi connectivity index (χ2n) is 4.43. The molecule has 17 heavy (non-hydrogen) atoms. The Morgan fingerprint density at radius 1 is 1.12 bits per heavy atom. The van der Waals surface area contributed by atoms with Crippen LogP contribution in [0.4, 0.5) is 0 Å². The minimum Gasteiger partial charge on any atom is -0.330 e. The van der Waals surface area contributed by atoms with Crippen molar-refractivity contribution < 1.29 is 0 Å². The van der Waals surface area contributed by atoms with Crippen LogP contribution in [0.3, 0.4) is 0 Å². The minimum atomic E-state index is 0.406. The Morgan fingerprint density at radius 3 is 2.35 bits per heavy atom. The molecule has 0 amide bonds. The van der Waals surface area contributed by atoms with Crippen molar-refractivity contribution in [3.05, 3.63) is 57.8 Å². The zero-order valence-electron chi connectivity index (χ0n) is 9.95. The molecule has 1 aromatic carbocycles. The maximum absolute atomic E-state index is 6.24. The van der Waals surface area contributed by atoms with E-state index < -0.39 is 0 Å². The molecule has 0 saturated carbocycles. The van der Waals surface area contributed by atoms with Gasteiger partial charge in [-0.25, -0.2) is 0 Å². The molecule has 0 aliphatic carbocycles. The van der Waals surface area contributed by atoms with Crippen molar-refractivity contribution in [2.24, 2.45) is 0 Å². The van der Waals surface area contributed by atoms with Crippen LogP contribution in [0.25, 0.3) is 0 Å². The summed E-state index contributed by atoms with van der Waals surface area (Å²) < 4.78 is 2.07. The summed E-state index contributed by atoms with van der Waals surface area (Å²) >= 11 is 12.3. The summed E-state index contributed by atoms with van der Waals surface area (Å²) in [5.74, 6) is 0.406. The number of aromatic nitrogens is 1. The number of halogens is 2. The second kappa shape index (κ2) is 5.16. The number of benzene rings is 1. The third kappa shape index (κ3) is 2.67. The second-order valence-corrected chi connectivity index (χ2v) is 5.20. The van der Waals surface area contributed by atoms with Crippen molar-refractivity contribution in [3.8, 4) is 0 Å². The van der Waals surface area contributed by atoms with E-state index in [1.54, 1.807) is 0 Å². The van der Waals surface area contributed by atoms with E-state index in [9.17, 15) is 0 Å². The van der Waals surface area contributed by atoms with E-state index in [2.05, 4.69) is 30.5 Å². The molecule has 2 rings (SSSR count). The molecule has 0 saturated heterocycles. The lowest BCUT2D eigenvalue weighted by molar-refractivity contribution is 0.694. The number of rotatable bonds is 3. The van der Waals surface area contributed by atoms with E-state index in [1.165, 1.54) is 11.3 Å². The standard InChI is InChI=1S/C14H15Cl2N/c1-10(2)13-8-12(15)14(16)17(13)9-11-6-4-3-5-7-11/h3-8,10H,9H2,1-2H3. The van der Waals surface area contributed by atoms with Crippen molar-refractivity contribution >= 4 is 23.2 Å². The van der Waals surface area contributed by atoms with Gasteiger partial charge in [-0.05, 0) is 17.5 Å². The molecule has 90 valence electrons. The molecule has 0 radical (unpaired) electrons. The Labute approximate surface area is 112 Å². The Bertz CT molecular complexity index is 500. The topological polar surface area (TPSA) is 4.93 Å². The van der Waals surface area contributed by atoms with Gasteiger partial charge >= 0.3 is 0 Å². The van der Waals surface area contributed by atoms with Gasteiger partial charge in [0.05, 0.1) is 5.02 Å². The van der Waals surface area contributed by atoms with Crippen LogP contribution in [0.2, 0.25) is 10.2 Å². The lowest BCUT2D eigenvalue weighted by atomic mass is 10.1. The summed E-state index contributed by atoms with van der Waals surface area (Å²) in [7, 11) is 0. The predicted molar refractivity (Wildman–Crippen MR) is 74.1 cm³/mol. The summed E-state index contributed by atoms with van der Waals surface area (Å²) in [5.41, 5.74) is 2.40. The minimum absolute atomic E-state index is 0.406. The number of hydrogen-bond acceptors (Lipinski definition) is 0. The van der Waals surface area contributed by atoms with Gasteiger partial charge in [0.15, 0.2) is 0 Å². The highest BCUT2D eigenvalue weighted by Gasteiger charge is 2.14. The molecule has 3 heteroatoms. The maximum atomic E-state index is 6.24. The van der Waals surface area contributed by atoms with E-state index >= 15 is 0 Å². The molecule has 0 unspecified atom stereocenters. The molecular weight excluding hydrogens is 253 g/mol. The van der Waals surface area contributed by atoms with Crippen molar-refractivity contribution in [1.29, 1.82) is 0 Å². The van der Waals surface area contributed by atoms with Gasteiger partial charge < -0.3 is 4.57 Å². The van der Waals surface area contributed by atoms with Gasteiger partial charge in [0.2, 0.25) is 0 Å². The molecule has 0 spiro atoms.